The van der Waals surface area contributed by atoms with Gasteiger partial charge in [-0.15, -0.1) is 0 Å². The number of imide groups is 1. The summed E-state index contributed by atoms with van der Waals surface area (Å²) in [7, 11) is 1.42. The van der Waals surface area contributed by atoms with Gasteiger partial charge >= 0.3 is 0 Å². The van der Waals surface area contributed by atoms with E-state index in [0.717, 1.165) is 5.56 Å². The minimum Gasteiger partial charge on any atom is -0.494 e. The van der Waals surface area contributed by atoms with E-state index in [9.17, 15) is 9.59 Å². The molecule has 0 unspecified atom stereocenters. The van der Waals surface area contributed by atoms with Crippen LogP contribution in [0, 0.1) is 0 Å². The maximum Gasteiger partial charge on any atom is 0.280 e. The smallest absolute Gasteiger partial charge is 0.280 e. The number of pyridine rings is 1. The Morgan fingerprint density at radius 3 is 2.54 bits per heavy atom. The summed E-state index contributed by atoms with van der Waals surface area (Å²) in [5, 5.41) is 2.14. The number of nitrogens with one attached hydrogen (secondary N) is 1. The van der Waals surface area contributed by atoms with Crippen molar-refractivity contribution in [3.8, 4) is 5.75 Å². The number of ether oxygens (including phenoxy) is 2. The maximum atomic E-state index is 12.1. The molecule has 1 aromatic carbocycles. The second kappa shape index (κ2) is 8.76. The van der Waals surface area contributed by atoms with E-state index in [4.69, 9.17) is 15.2 Å². The number of hydrogen-bond donors (Lipinski definition) is 2. The third kappa shape index (κ3) is 4.87. The lowest BCUT2D eigenvalue weighted by atomic mass is 10.2. The van der Waals surface area contributed by atoms with Gasteiger partial charge in [-0.1, -0.05) is 30.3 Å². The second-order valence-electron chi connectivity index (χ2n) is 4.91. The molecule has 0 aliphatic carbocycles. The minimum absolute atomic E-state index is 0.0140. The average molecular weight is 329 g/mol. The molecular weight excluding hydrogens is 310 g/mol. The van der Waals surface area contributed by atoms with E-state index in [1.165, 1.54) is 7.11 Å². The summed E-state index contributed by atoms with van der Waals surface area (Å²) in [5.41, 5.74) is 6.79. The van der Waals surface area contributed by atoms with Crippen LogP contribution in [0.1, 0.15) is 21.7 Å². The Morgan fingerprint density at radius 2 is 1.88 bits per heavy atom. The van der Waals surface area contributed by atoms with Crippen molar-refractivity contribution in [3.05, 3.63) is 59.4 Å². The van der Waals surface area contributed by atoms with Crippen LogP contribution in [0.5, 0.6) is 5.75 Å². The molecule has 1 aromatic heterocycles. The summed E-state index contributed by atoms with van der Waals surface area (Å²) in [6, 6.07) is 13.0. The van der Waals surface area contributed by atoms with E-state index in [1.807, 2.05) is 30.3 Å². The highest BCUT2D eigenvalue weighted by Gasteiger charge is 2.17. The molecule has 0 bridgehead atoms. The summed E-state index contributed by atoms with van der Waals surface area (Å²) < 4.78 is 10.7. The van der Waals surface area contributed by atoms with Crippen LogP contribution in [-0.4, -0.2) is 30.5 Å². The molecule has 126 valence electrons. The predicted molar refractivity (Wildman–Crippen MR) is 87.3 cm³/mol. The third-order valence-electron chi connectivity index (χ3n) is 3.15. The molecule has 7 heteroatoms. The highest BCUT2D eigenvalue weighted by atomic mass is 16.5. The van der Waals surface area contributed by atoms with Gasteiger partial charge in [-0.3, -0.25) is 14.9 Å². The van der Waals surface area contributed by atoms with Gasteiger partial charge in [-0.05, 0) is 17.7 Å². The summed E-state index contributed by atoms with van der Waals surface area (Å²) in [6.45, 7) is 0.375. The highest BCUT2D eigenvalue weighted by molar-refractivity contribution is 6.05. The number of hydrogen-bond acceptors (Lipinski definition) is 6. The van der Waals surface area contributed by atoms with Crippen molar-refractivity contribution in [2.24, 2.45) is 5.73 Å². The van der Waals surface area contributed by atoms with E-state index in [2.05, 4.69) is 10.3 Å². The zero-order valence-electron chi connectivity index (χ0n) is 13.3. The fraction of sp³-hybridized carbons (Fsp3) is 0.235. The van der Waals surface area contributed by atoms with Crippen molar-refractivity contribution in [1.82, 2.24) is 10.3 Å². The van der Waals surface area contributed by atoms with Crippen LogP contribution >= 0.6 is 0 Å². The third-order valence-corrected chi connectivity index (χ3v) is 3.15. The van der Waals surface area contributed by atoms with Crippen LogP contribution < -0.4 is 15.8 Å². The lowest BCUT2D eigenvalue weighted by molar-refractivity contribution is -0.118. The van der Waals surface area contributed by atoms with Gasteiger partial charge in [-0.2, -0.15) is 0 Å². The lowest BCUT2D eigenvalue weighted by Crippen LogP contribution is -2.36. The molecule has 0 aliphatic rings. The summed E-state index contributed by atoms with van der Waals surface area (Å²) in [4.78, 5) is 27.5. The van der Waals surface area contributed by atoms with Crippen molar-refractivity contribution in [3.63, 3.8) is 0 Å². The van der Waals surface area contributed by atoms with Crippen molar-refractivity contribution >= 4 is 11.8 Å². The van der Waals surface area contributed by atoms with E-state index >= 15 is 0 Å². The number of carbonyl (C=O) groups is 2. The molecule has 2 rings (SSSR count). The largest absolute Gasteiger partial charge is 0.494 e. The van der Waals surface area contributed by atoms with Gasteiger partial charge in [0.15, 0.2) is 5.69 Å². The zero-order chi connectivity index (χ0) is 17.4. The standard InChI is InChI=1S/C17H19N3O4/c1-23-14-8-7-13(11-24-10-12-5-3-2-4-6-12)19-16(14)17(22)20-15(21)9-18/h2-8H,9-11,18H2,1H3,(H,20,21,22). The molecule has 2 aromatic rings. The number of carbonyl (C=O) groups excluding carboxylic acids is 2. The number of nitrogens with zero attached hydrogens (tertiary/aromatic N) is 1. The number of rotatable bonds is 7. The monoisotopic (exact) mass is 329 g/mol. The van der Waals surface area contributed by atoms with Crippen LogP contribution in [0.15, 0.2) is 42.5 Å². The van der Waals surface area contributed by atoms with Crippen molar-refractivity contribution in [1.29, 1.82) is 0 Å². The van der Waals surface area contributed by atoms with Crippen molar-refractivity contribution < 1.29 is 19.1 Å². The zero-order valence-corrected chi connectivity index (χ0v) is 13.3. The minimum atomic E-state index is -0.660. The first-order valence-electron chi connectivity index (χ1n) is 7.34. The normalized spacial score (nSPS) is 10.2. The number of amides is 2. The van der Waals surface area contributed by atoms with E-state index in [-0.39, 0.29) is 24.6 Å². The van der Waals surface area contributed by atoms with Crippen LogP contribution in [0.2, 0.25) is 0 Å². The Bertz CT molecular complexity index is 704. The Kier molecular flexibility index (Phi) is 6.41. The van der Waals surface area contributed by atoms with E-state index in [0.29, 0.717) is 12.3 Å². The fourth-order valence-electron chi connectivity index (χ4n) is 1.98. The number of aromatic nitrogens is 1. The molecule has 3 N–H and O–H groups in total. The molecule has 0 fully saturated rings. The number of nitrogens with two attached hydrogens (primary N) is 1. The molecule has 0 saturated carbocycles. The van der Waals surface area contributed by atoms with Crippen LogP contribution in [0.25, 0.3) is 0 Å². The fourth-order valence-corrected chi connectivity index (χ4v) is 1.98. The first kappa shape index (κ1) is 17.6. The first-order valence-corrected chi connectivity index (χ1v) is 7.34. The van der Waals surface area contributed by atoms with Gasteiger partial charge in [0.1, 0.15) is 5.75 Å². The van der Waals surface area contributed by atoms with Gasteiger partial charge in [-0.25, -0.2) is 4.98 Å². The lowest BCUT2D eigenvalue weighted by Gasteiger charge is -2.10. The maximum absolute atomic E-state index is 12.1. The molecule has 0 saturated heterocycles. The molecule has 0 aliphatic heterocycles. The SMILES string of the molecule is COc1ccc(COCc2ccccc2)nc1C(=O)NC(=O)CN. The van der Waals surface area contributed by atoms with Crippen LogP contribution in [0.3, 0.4) is 0 Å². The van der Waals surface area contributed by atoms with E-state index in [1.54, 1.807) is 12.1 Å². The van der Waals surface area contributed by atoms with Gasteiger partial charge in [0.25, 0.3) is 5.91 Å². The van der Waals surface area contributed by atoms with Gasteiger partial charge in [0.05, 0.1) is 32.6 Å². The Hall–Kier alpha value is -2.77. The summed E-state index contributed by atoms with van der Waals surface area (Å²) in [5.74, 6) is -0.981. The topological polar surface area (TPSA) is 104 Å². The van der Waals surface area contributed by atoms with E-state index < -0.39 is 11.8 Å². The molecule has 0 atom stereocenters. The Balaban J connectivity index is 2.04. The molecule has 0 spiro atoms. The average Bonchev–Trinajstić information content (AvgIpc) is 2.62. The van der Waals surface area contributed by atoms with Gasteiger partial charge in [0, 0.05) is 0 Å². The highest BCUT2D eigenvalue weighted by Crippen LogP contribution is 2.17. The first-order chi connectivity index (χ1) is 11.6. The molecule has 0 radical (unpaired) electrons. The number of methoxy groups -OCH3 is 1. The number of benzene rings is 1. The Labute approximate surface area is 139 Å². The molecular formula is C17H19N3O4. The second-order valence-corrected chi connectivity index (χ2v) is 4.91. The van der Waals surface area contributed by atoms with Crippen LogP contribution in [-0.2, 0) is 22.7 Å². The predicted octanol–water partition coefficient (Wildman–Crippen LogP) is 1.02. The van der Waals surface area contributed by atoms with Crippen molar-refractivity contribution in [2.75, 3.05) is 13.7 Å². The van der Waals surface area contributed by atoms with Crippen LogP contribution in [0.4, 0.5) is 0 Å². The molecule has 2 amide bonds. The molecule has 24 heavy (non-hydrogen) atoms. The van der Waals surface area contributed by atoms with Crippen molar-refractivity contribution in [2.45, 2.75) is 13.2 Å². The van der Waals surface area contributed by atoms with Gasteiger partial charge in [0.2, 0.25) is 5.91 Å². The molecule has 7 nitrogen and oxygen atoms in total. The Morgan fingerprint density at radius 1 is 1.12 bits per heavy atom. The molecule has 1 heterocycles. The summed E-state index contributed by atoms with van der Waals surface area (Å²) in [6.07, 6.45) is 0. The summed E-state index contributed by atoms with van der Waals surface area (Å²) >= 11 is 0. The van der Waals surface area contributed by atoms with Gasteiger partial charge < -0.3 is 15.2 Å². The quantitative estimate of drug-likeness (QED) is 0.786.